The van der Waals surface area contributed by atoms with E-state index in [-0.39, 0.29) is 5.57 Å². The van der Waals surface area contributed by atoms with E-state index in [4.69, 9.17) is 9.47 Å². The van der Waals surface area contributed by atoms with Crippen LogP contribution in [0.1, 0.15) is 72.1 Å². The van der Waals surface area contributed by atoms with E-state index in [1.165, 1.54) is 31.8 Å². The van der Waals surface area contributed by atoms with Crippen molar-refractivity contribution in [2.24, 2.45) is 0 Å². The Morgan fingerprint density at radius 2 is 1.35 bits per heavy atom. The van der Waals surface area contributed by atoms with Crippen molar-refractivity contribution in [1.82, 2.24) is 0 Å². The van der Waals surface area contributed by atoms with E-state index < -0.39 is 11.9 Å². The summed E-state index contributed by atoms with van der Waals surface area (Å²) in [6.07, 6.45) is 10.1. The SMILES string of the molecule is C=C(/C=C(\C)C(=O)OCCCCCCCC)C(=O)OCCCC. The first-order valence-corrected chi connectivity index (χ1v) is 8.74. The number of rotatable bonds is 13. The summed E-state index contributed by atoms with van der Waals surface area (Å²) in [7, 11) is 0. The van der Waals surface area contributed by atoms with Crippen LogP contribution in [0.15, 0.2) is 23.8 Å². The molecular formula is C19H32O4. The maximum Gasteiger partial charge on any atom is 0.337 e. The summed E-state index contributed by atoms with van der Waals surface area (Å²) in [5.41, 5.74) is 0.545. The molecule has 4 heteroatoms. The Balaban J connectivity index is 3.98. The fourth-order valence-electron chi connectivity index (χ4n) is 1.94. The van der Waals surface area contributed by atoms with Crippen molar-refractivity contribution in [2.45, 2.75) is 72.1 Å². The molecule has 4 nitrogen and oxygen atoms in total. The maximum atomic E-state index is 11.8. The summed E-state index contributed by atoms with van der Waals surface area (Å²) >= 11 is 0. The van der Waals surface area contributed by atoms with Gasteiger partial charge in [0.1, 0.15) is 0 Å². The molecule has 0 heterocycles. The molecule has 0 rings (SSSR count). The van der Waals surface area contributed by atoms with Gasteiger partial charge in [0.15, 0.2) is 0 Å². The van der Waals surface area contributed by atoms with E-state index in [2.05, 4.69) is 13.5 Å². The highest BCUT2D eigenvalue weighted by atomic mass is 16.5. The van der Waals surface area contributed by atoms with E-state index >= 15 is 0 Å². The molecule has 0 aromatic rings. The van der Waals surface area contributed by atoms with Gasteiger partial charge in [-0.1, -0.05) is 59.0 Å². The van der Waals surface area contributed by atoms with Gasteiger partial charge in [0.25, 0.3) is 0 Å². The average Bonchev–Trinajstić information content (AvgIpc) is 2.53. The Bertz CT molecular complexity index is 396. The second-order valence-corrected chi connectivity index (χ2v) is 5.75. The molecule has 0 atom stereocenters. The molecule has 0 unspecified atom stereocenters. The molecule has 0 aromatic carbocycles. The fourth-order valence-corrected chi connectivity index (χ4v) is 1.94. The van der Waals surface area contributed by atoms with Gasteiger partial charge >= 0.3 is 11.9 Å². The first kappa shape index (κ1) is 21.4. The normalized spacial score (nSPS) is 11.2. The van der Waals surface area contributed by atoms with E-state index in [0.29, 0.717) is 18.8 Å². The summed E-state index contributed by atoms with van der Waals surface area (Å²) in [5, 5.41) is 0. The second-order valence-electron chi connectivity index (χ2n) is 5.75. The van der Waals surface area contributed by atoms with Gasteiger partial charge < -0.3 is 9.47 Å². The Labute approximate surface area is 140 Å². The van der Waals surface area contributed by atoms with E-state index in [1.807, 2.05) is 6.92 Å². The van der Waals surface area contributed by atoms with Crippen molar-refractivity contribution in [3.05, 3.63) is 23.8 Å². The van der Waals surface area contributed by atoms with Crippen molar-refractivity contribution >= 4 is 11.9 Å². The largest absolute Gasteiger partial charge is 0.462 e. The lowest BCUT2D eigenvalue weighted by molar-refractivity contribution is -0.139. The first-order chi connectivity index (χ1) is 11.0. The van der Waals surface area contributed by atoms with Gasteiger partial charge in [-0.15, -0.1) is 0 Å². The molecule has 23 heavy (non-hydrogen) atoms. The van der Waals surface area contributed by atoms with Crippen LogP contribution in [0, 0.1) is 0 Å². The zero-order valence-electron chi connectivity index (χ0n) is 15.0. The summed E-state index contributed by atoms with van der Waals surface area (Å²) in [6.45, 7) is 10.3. The molecule has 0 saturated carbocycles. The molecule has 0 aliphatic rings. The maximum absolute atomic E-state index is 11.8. The lowest BCUT2D eigenvalue weighted by atomic mass is 10.1. The molecule has 132 valence electrons. The highest BCUT2D eigenvalue weighted by Crippen LogP contribution is 2.08. The zero-order chi connectivity index (χ0) is 17.5. The number of carbonyl (C=O) groups excluding carboxylic acids is 2. The molecule has 0 saturated heterocycles. The number of hydrogen-bond donors (Lipinski definition) is 0. The average molecular weight is 324 g/mol. The van der Waals surface area contributed by atoms with Crippen LogP contribution in [0.2, 0.25) is 0 Å². The molecule has 0 amide bonds. The Morgan fingerprint density at radius 3 is 2.00 bits per heavy atom. The van der Waals surface area contributed by atoms with Gasteiger partial charge in [-0.2, -0.15) is 0 Å². The minimum absolute atomic E-state index is 0.176. The van der Waals surface area contributed by atoms with Crippen LogP contribution in [0.3, 0.4) is 0 Å². The summed E-state index contributed by atoms with van der Waals surface area (Å²) in [6, 6.07) is 0. The molecule has 0 radical (unpaired) electrons. The summed E-state index contributed by atoms with van der Waals surface area (Å²) < 4.78 is 10.2. The Kier molecular flexibility index (Phi) is 13.1. The highest BCUT2D eigenvalue weighted by molar-refractivity contribution is 5.95. The van der Waals surface area contributed by atoms with Crippen LogP contribution in [0.25, 0.3) is 0 Å². The third-order valence-electron chi connectivity index (χ3n) is 3.44. The lowest BCUT2D eigenvalue weighted by Gasteiger charge is -2.06. The standard InChI is InChI=1S/C19H32O4/c1-5-7-9-10-11-12-14-23-19(21)17(4)15-16(3)18(20)22-13-8-6-2/h15H,3,5-14H2,1-2,4H3/b17-15+. The number of esters is 2. The number of ether oxygens (including phenoxy) is 2. The number of unbranched alkanes of at least 4 members (excludes halogenated alkanes) is 6. The third-order valence-corrected chi connectivity index (χ3v) is 3.44. The van der Waals surface area contributed by atoms with Gasteiger partial charge in [0.05, 0.1) is 18.8 Å². The monoisotopic (exact) mass is 324 g/mol. The number of hydrogen-bond acceptors (Lipinski definition) is 4. The summed E-state index contributed by atoms with van der Waals surface area (Å²) in [5.74, 6) is -0.886. The van der Waals surface area contributed by atoms with Gasteiger partial charge in [0, 0.05) is 5.57 Å². The molecule has 0 N–H and O–H groups in total. The predicted molar refractivity (Wildman–Crippen MR) is 93.1 cm³/mol. The fraction of sp³-hybridized carbons (Fsp3) is 0.684. The highest BCUT2D eigenvalue weighted by Gasteiger charge is 2.10. The van der Waals surface area contributed by atoms with Gasteiger partial charge in [-0.05, 0) is 25.8 Å². The molecule has 0 aromatic heterocycles. The van der Waals surface area contributed by atoms with Crippen molar-refractivity contribution in [3.63, 3.8) is 0 Å². The molecule has 0 aliphatic carbocycles. The molecule has 0 fully saturated rings. The van der Waals surface area contributed by atoms with Crippen molar-refractivity contribution in [2.75, 3.05) is 13.2 Å². The van der Waals surface area contributed by atoms with Crippen molar-refractivity contribution in [3.8, 4) is 0 Å². The lowest BCUT2D eigenvalue weighted by Crippen LogP contribution is -2.10. The molecule has 0 spiro atoms. The van der Waals surface area contributed by atoms with Crippen molar-refractivity contribution in [1.29, 1.82) is 0 Å². The molecular weight excluding hydrogens is 292 g/mol. The van der Waals surface area contributed by atoms with Crippen LogP contribution >= 0.6 is 0 Å². The minimum Gasteiger partial charge on any atom is -0.462 e. The van der Waals surface area contributed by atoms with Gasteiger partial charge in [-0.3, -0.25) is 0 Å². The summed E-state index contributed by atoms with van der Waals surface area (Å²) in [4.78, 5) is 23.5. The smallest absolute Gasteiger partial charge is 0.337 e. The van der Waals surface area contributed by atoms with Crippen LogP contribution in [0.4, 0.5) is 0 Å². The predicted octanol–water partition coefficient (Wildman–Crippen LogP) is 4.74. The van der Waals surface area contributed by atoms with Crippen molar-refractivity contribution < 1.29 is 19.1 Å². The minimum atomic E-state index is -0.485. The number of carbonyl (C=O) groups is 2. The van der Waals surface area contributed by atoms with E-state index in [0.717, 1.165) is 25.7 Å². The van der Waals surface area contributed by atoms with Gasteiger partial charge in [0.2, 0.25) is 0 Å². The van der Waals surface area contributed by atoms with E-state index in [9.17, 15) is 9.59 Å². The zero-order valence-corrected chi connectivity index (χ0v) is 15.0. The van der Waals surface area contributed by atoms with Crippen LogP contribution in [0.5, 0.6) is 0 Å². The molecule has 0 aliphatic heterocycles. The third kappa shape index (κ3) is 11.6. The van der Waals surface area contributed by atoms with Crippen LogP contribution in [-0.4, -0.2) is 25.2 Å². The topological polar surface area (TPSA) is 52.6 Å². The Hall–Kier alpha value is -1.58. The second kappa shape index (κ2) is 14.0. The van der Waals surface area contributed by atoms with E-state index in [1.54, 1.807) is 6.92 Å². The first-order valence-electron chi connectivity index (χ1n) is 8.74. The Morgan fingerprint density at radius 1 is 0.826 bits per heavy atom. The van der Waals surface area contributed by atoms with Crippen LogP contribution in [-0.2, 0) is 19.1 Å². The quantitative estimate of drug-likeness (QED) is 0.213. The van der Waals surface area contributed by atoms with Crippen LogP contribution < -0.4 is 0 Å². The van der Waals surface area contributed by atoms with Gasteiger partial charge in [-0.25, -0.2) is 9.59 Å². The molecule has 0 bridgehead atoms.